The summed E-state index contributed by atoms with van der Waals surface area (Å²) in [7, 11) is 0. The molecular formula is C16H21ClN2O4. The van der Waals surface area contributed by atoms with Crippen molar-refractivity contribution < 1.29 is 19.4 Å². The molecular weight excluding hydrogens is 320 g/mol. The molecule has 1 aromatic rings. The monoisotopic (exact) mass is 340 g/mol. The maximum Gasteiger partial charge on any atom is 0.411 e. The number of carbonyl (C=O) groups excluding carboxylic acids is 1. The van der Waals surface area contributed by atoms with Crippen molar-refractivity contribution in [2.75, 3.05) is 11.9 Å². The highest BCUT2D eigenvalue weighted by atomic mass is 35.5. The van der Waals surface area contributed by atoms with Crippen molar-refractivity contribution >= 4 is 29.4 Å². The van der Waals surface area contributed by atoms with Crippen molar-refractivity contribution in [1.82, 2.24) is 4.90 Å². The molecule has 1 heterocycles. The van der Waals surface area contributed by atoms with Crippen molar-refractivity contribution in [3.63, 3.8) is 0 Å². The standard InChI is InChI=1S/C16H21ClN2O4/c1-16(2,3)23-15(22)19-9-12(8-13(19)14(20)21)18-11-6-4-5-10(17)7-11/h4-7,12-13,18H,8-9H2,1-3H3,(H,20,21)/t12-,13-/m0/s1. The summed E-state index contributed by atoms with van der Waals surface area (Å²) in [6.45, 7) is 5.51. The van der Waals surface area contributed by atoms with E-state index in [-0.39, 0.29) is 12.6 Å². The second kappa shape index (κ2) is 6.66. The van der Waals surface area contributed by atoms with Gasteiger partial charge in [0.25, 0.3) is 0 Å². The van der Waals surface area contributed by atoms with Crippen molar-refractivity contribution in [3.05, 3.63) is 29.3 Å². The summed E-state index contributed by atoms with van der Waals surface area (Å²) in [5.74, 6) is -1.04. The number of hydrogen-bond donors (Lipinski definition) is 2. The van der Waals surface area contributed by atoms with Gasteiger partial charge in [-0.25, -0.2) is 9.59 Å². The van der Waals surface area contributed by atoms with Gasteiger partial charge >= 0.3 is 12.1 Å². The summed E-state index contributed by atoms with van der Waals surface area (Å²) in [6, 6.07) is 6.09. The van der Waals surface area contributed by atoms with Gasteiger partial charge in [-0.15, -0.1) is 0 Å². The van der Waals surface area contributed by atoms with Gasteiger partial charge in [0.15, 0.2) is 0 Å². The van der Waals surface area contributed by atoms with Gasteiger partial charge in [0.2, 0.25) is 0 Å². The minimum atomic E-state index is -1.04. The lowest BCUT2D eigenvalue weighted by Gasteiger charge is -2.26. The highest BCUT2D eigenvalue weighted by Gasteiger charge is 2.41. The molecule has 1 aliphatic heterocycles. The van der Waals surface area contributed by atoms with Crippen LogP contribution in [-0.2, 0) is 9.53 Å². The maximum absolute atomic E-state index is 12.2. The van der Waals surface area contributed by atoms with Gasteiger partial charge in [-0.1, -0.05) is 17.7 Å². The highest BCUT2D eigenvalue weighted by molar-refractivity contribution is 6.30. The number of nitrogens with one attached hydrogen (secondary N) is 1. The van der Waals surface area contributed by atoms with Crippen LogP contribution in [0.3, 0.4) is 0 Å². The molecule has 0 unspecified atom stereocenters. The number of halogens is 1. The van der Waals surface area contributed by atoms with Crippen LogP contribution in [0, 0.1) is 0 Å². The topological polar surface area (TPSA) is 78.9 Å². The van der Waals surface area contributed by atoms with Crippen LogP contribution in [0.4, 0.5) is 10.5 Å². The van der Waals surface area contributed by atoms with Gasteiger partial charge in [0.1, 0.15) is 11.6 Å². The molecule has 0 saturated carbocycles. The minimum absolute atomic E-state index is 0.179. The molecule has 126 valence electrons. The first-order valence-corrected chi connectivity index (χ1v) is 7.78. The number of carboxylic acids is 1. The summed E-state index contributed by atoms with van der Waals surface area (Å²) in [5.41, 5.74) is 0.121. The molecule has 1 amide bonds. The van der Waals surface area contributed by atoms with E-state index in [0.29, 0.717) is 11.4 Å². The molecule has 0 spiro atoms. The molecule has 2 rings (SSSR count). The molecule has 6 nitrogen and oxygen atoms in total. The summed E-state index contributed by atoms with van der Waals surface area (Å²) in [6.07, 6.45) is -0.304. The number of carboxylic acid groups (broad SMARTS) is 1. The Morgan fingerprint density at radius 1 is 1.39 bits per heavy atom. The molecule has 1 saturated heterocycles. The second-order valence-corrected chi connectivity index (χ2v) is 7.01. The third-order valence-electron chi connectivity index (χ3n) is 3.41. The summed E-state index contributed by atoms with van der Waals surface area (Å²) in [4.78, 5) is 24.9. The minimum Gasteiger partial charge on any atom is -0.480 e. The number of nitrogens with zero attached hydrogens (tertiary/aromatic N) is 1. The van der Waals surface area contributed by atoms with Gasteiger partial charge in [-0.2, -0.15) is 0 Å². The lowest BCUT2D eigenvalue weighted by atomic mass is 10.1. The van der Waals surface area contributed by atoms with E-state index in [4.69, 9.17) is 16.3 Å². The number of likely N-dealkylation sites (tertiary alicyclic amines) is 1. The van der Waals surface area contributed by atoms with Crippen LogP contribution in [0.15, 0.2) is 24.3 Å². The SMILES string of the molecule is CC(C)(C)OC(=O)N1C[C@@H](Nc2cccc(Cl)c2)C[C@H]1C(=O)O. The van der Waals surface area contributed by atoms with Gasteiger partial charge < -0.3 is 15.2 Å². The smallest absolute Gasteiger partial charge is 0.411 e. The van der Waals surface area contributed by atoms with E-state index in [1.54, 1.807) is 39.0 Å². The van der Waals surface area contributed by atoms with Gasteiger partial charge in [-0.3, -0.25) is 4.90 Å². The number of rotatable bonds is 3. The van der Waals surface area contributed by atoms with E-state index in [1.165, 1.54) is 4.90 Å². The van der Waals surface area contributed by atoms with Crippen LogP contribution in [0.1, 0.15) is 27.2 Å². The first-order valence-electron chi connectivity index (χ1n) is 7.40. The normalized spacial score (nSPS) is 21.1. The maximum atomic E-state index is 12.2. The molecule has 2 atom stereocenters. The van der Waals surface area contributed by atoms with Crippen molar-refractivity contribution in [2.45, 2.75) is 44.9 Å². The van der Waals surface area contributed by atoms with E-state index < -0.39 is 23.7 Å². The molecule has 0 bridgehead atoms. The zero-order valence-corrected chi connectivity index (χ0v) is 14.1. The first kappa shape index (κ1) is 17.4. The average molecular weight is 341 g/mol. The zero-order valence-electron chi connectivity index (χ0n) is 13.4. The van der Waals surface area contributed by atoms with Crippen LogP contribution in [0.2, 0.25) is 5.02 Å². The average Bonchev–Trinajstić information content (AvgIpc) is 2.81. The summed E-state index contributed by atoms with van der Waals surface area (Å²) < 4.78 is 5.29. The molecule has 1 aromatic carbocycles. The van der Waals surface area contributed by atoms with Crippen molar-refractivity contribution in [2.24, 2.45) is 0 Å². The van der Waals surface area contributed by atoms with Gasteiger partial charge in [0, 0.05) is 29.7 Å². The Bertz CT molecular complexity index is 600. The molecule has 0 radical (unpaired) electrons. The molecule has 0 aliphatic carbocycles. The number of hydrogen-bond acceptors (Lipinski definition) is 4. The third kappa shape index (κ3) is 4.76. The molecule has 23 heavy (non-hydrogen) atoms. The van der Waals surface area contributed by atoms with Crippen LogP contribution < -0.4 is 5.32 Å². The Balaban J connectivity index is 2.08. The molecule has 2 N–H and O–H groups in total. The third-order valence-corrected chi connectivity index (χ3v) is 3.64. The lowest BCUT2D eigenvalue weighted by Crippen LogP contribution is -2.43. The largest absolute Gasteiger partial charge is 0.480 e. The molecule has 0 aromatic heterocycles. The van der Waals surface area contributed by atoms with E-state index in [1.807, 2.05) is 6.07 Å². The number of aliphatic carboxylic acids is 1. The first-order chi connectivity index (χ1) is 10.7. The van der Waals surface area contributed by atoms with Crippen molar-refractivity contribution in [1.29, 1.82) is 0 Å². The number of carbonyl (C=O) groups is 2. The Labute approximate surface area is 140 Å². The zero-order chi connectivity index (χ0) is 17.2. The number of benzene rings is 1. The Kier molecular flexibility index (Phi) is 5.04. The highest BCUT2D eigenvalue weighted by Crippen LogP contribution is 2.25. The lowest BCUT2D eigenvalue weighted by molar-refractivity contribution is -0.142. The molecule has 7 heteroatoms. The predicted molar refractivity (Wildman–Crippen MR) is 87.8 cm³/mol. The fraction of sp³-hybridized carbons (Fsp3) is 0.500. The molecule has 1 aliphatic rings. The van der Waals surface area contributed by atoms with E-state index in [0.717, 1.165) is 5.69 Å². The summed E-state index contributed by atoms with van der Waals surface area (Å²) >= 11 is 5.94. The van der Waals surface area contributed by atoms with E-state index >= 15 is 0 Å². The molecule has 1 fully saturated rings. The van der Waals surface area contributed by atoms with Crippen LogP contribution >= 0.6 is 11.6 Å². The van der Waals surface area contributed by atoms with Crippen LogP contribution in [-0.4, -0.2) is 46.3 Å². The predicted octanol–water partition coefficient (Wildman–Crippen LogP) is 3.21. The van der Waals surface area contributed by atoms with E-state index in [2.05, 4.69) is 5.32 Å². The Morgan fingerprint density at radius 3 is 2.65 bits per heavy atom. The fourth-order valence-electron chi connectivity index (χ4n) is 2.51. The van der Waals surface area contributed by atoms with E-state index in [9.17, 15) is 14.7 Å². The Morgan fingerprint density at radius 2 is 2.09 bits per heavy atom. The van der Waals surface area contributed by atoms with Gasteiger partial charge in [0.05, 0.1) is 0 Å². The summed E-state index contributed by atoms with van der Waals surface area (Å²) in [5, 5.41) is 13.2. The fourth-order valence-corrected chi connectivity index (χ4v) is 2.70. The number of anilines is 1. The van der Waals surface area contributed by atoms with Crippen LogP contribution in [0.25, 0.3) is 0 Å². The second-order valence-electron chi connectivity index (χ2n) is 6.57. The quantitative estimate of drug-likeness (QED) is 0.883. The van der Waals surface area contributed by atoms with Crippen molar-refractivity contribution in [3.8, 4) is 0 Å². The number of ether oxygens (including phenoxy) is 1. The van der Waals surface area contributed by atoms with Gasteiger partial charge in [-0.05, 0) is 39.0 Å². The van der Waals surface area contributed by atoms with Crippen LogP contribution in [0.5, 0.6) is 0 Å². The number of amides is 1. The Hall–Kier alpha value is -1.95.